The van der Waals surface area contributed by atoms with Crippen molar-refractivity contribution in [3.8, 4) is 5.75 Å². The van der Waals surface area contributed by atoms with Gasteiger partial charge >= 0.3 is 0 Å². The minimum atomic E-state index is -0.0307. The summed E-state index contributed by atoms with van der Waals surface area (Å²) in [6, 6.07) is 3.75. The van der Waals surface area contributed by atoms with Crippen LogP contribution in [0.5, 0.6) is 5.75 Å². The Bertz CT molecular complexity index is 718. The molecule has 3 rings (SSSR count). The van der Waals surface area contributed by atoms with Gasteiger partial charge in [0.25, 0.3) is 5.91 Å². The van der Waals surface area contributed by atoms with Gasteiger partial charge < -0.3 is 19.0 Å². The maximum atomic E-state index is 12.7. The number of rotatable bonds is 2. The Hall–Kier alpha value is -1.53. The molecule has 118 valence electrons. The highest BCUT2D eigenvalue weighted by atomic mass is 79.9. The number of furan rings is 1. The quantitative estimate of drug-likeness (QED) is 0.819. The number of carbonyl (C=O) groups excluding carboxylic acids is 1. The van der Waals surface area contributed by atoms with Crippen molar-refractivity contribution < 1.29 is 13.9 Å². The lowest BCUT2D eigenvalue weighted by molar-refractivity contribution is 0.0634. The van der Waals surface area contributed by atoms with E-state index in [1.54, 1.807) is 7.11 Å². The number of carbonyl (C=O) groups is 1. The predicted octanol–water partition coefficient (Wildman–Crippen LogP) is 2.90. The number of fused-ring (bicyclic) bond motifs is 1. The van der Waals surface area contributed by atoms with Crippen molar-refractivity contribution in [2.75, 3.05) is 40.3 Å². The van der Waals surface area contributed by atoms with E-state index < -0.39 is 0 Å². The second kappa shape index (κ2) is 5.93. The monoisotopic (exact) mass is 366 g/mol. The molecule has 1 aromatic carbocycles. The van der Waals surface area contributed by atoms with Crippen molar-refractivity contribution in [1.82, 2.24) is 9.80 Å². The molecule has 0 atom stereocenters. The van der Waals surface area contributed by atoms with Gasteiger partial charge in [0.05, 0.1) is 11.6 Å². The molecule has 0 aliphatic carbocycles. The van der Waals surface area contributed by atoms with Crippen LogP contribution in [0.4, 0.5) is 0 Å². The van der Waals surface area contributed by atoms with Crippen molar-refractivity contribution in [3.63, 3.8) is 0 Å². The molecule has 0 radical (unpaired) electrons. The van der Waals surface area contributed by atoms with E-state index in [1.165, 1.54) is 0 Å². The standard InChI is InChI=1S/C16H19BrN2O3/c1-10-11-8-12(17)14(21-3)9-13(11)22-15(10)16(20)19-6-4-18(2)5-7-19/h8-9H,4-7H2,1-3H3. The maximum Gasteiger partial charge on any atom is 0.289 e. The first-order valence-electron chi connectivity index (χ1n) is 7.25. The van der Waals surface area contributed by atoms with Crippen molar-refractivity contribution in [1.29, 1.82) is 0 Å². The van der Waals surface area contributed by atoms with E-state index in [4.69, 9.17) is 9.15 Å². The molecule has 6 heteroatoms. The van der Waals surface area contributed by atoms with Crippen LogP contribution in [-0.2, 0) is 0 Å². The first-order valence-corrected chi connectivity index (χ1v) is 8.05. The number of likely N-dealkylation sites (N-methyl/N-ethyl adjacent to an activating group) is 1. The third kappa shape index (κ3) is 2.61. The van der Waals surface area contributed by atoms with Gasteiger partial charge in [-0.05, 0) is 36.0 Å². The summed E-state index contributed by atoms with van der Waals surface area (Å²) in [6.45, 7) is 5.18. The zero-order valence-corrected chi connectivity index (χ0v) is 14.6. The molecule has 2 heterocycles. The summed E-state index contributed by atoms with van der Waals surface area (Å²) in [6.07, 6.45) is 0. The Morgan fingerprint density at radius 2 is 1.95 bits per heavy atom. The van der Waals surface area contributed by atoms with E-state index >= 15 is 0 Å². The molecule has 1 saturated heterocycles. The first kappa shape index (κ1) is 15.4. The van der Waals surface area contributed by atoms with Crippen LogP contribution in [0.15, 0.2) is 21.0 Å². The second-order valence-electron chi connectivity index (χ2n) is 5.63. The fourth-order valence-electron chi connectivity index (χ4n) is 2.73. The molecule has 1 amide bonds. The molecule has 0 bridgehead atoms. The molecule has 0 unspecified atom stereocenters. The van der Waals surface area contributed by atoms with Crippen LogP contribution in [0.2, 0.25) is 0 Å². The number of amides is 1. The van der Waals surface area contributed by atoms with Crippen LogP contribution in [0.3, 0.4) is 0 Å². The van der Waals surface area contributed by atoms with Crippen LogP contribution < -0.4 is 4.74 Å². The molecular weight excluding hydrogens is 348 g/mol. The van der Waals surface area contributed by atoms with Crippen molar-refractivity contribution >= 4 is 32.8 Å². The van der Waals surface area contributed by atoms with E-state index in [0.717, 1.165) is 41.6 Å². The number of nitrogens with zero attached hydrogens (tertiary/aromatic N) is 2. The van der Waals surface area contributed by atoms with Crippen molar-refractivity contribution in [3.05, 3.63) is 27.9 Å². The highest BCUT2D eigenvalue weighted by molar-refractivity contribution is 9.10. The zero-order chi connectivity index (χ0) is 15.9. The molecule has 1 aliphatic heterocycles. The van der Waals surface area contributed by atoms with Crippen LogP contribution in [0, 0.1) is 6.92 Å². The third-order valence-electron chi connectivity index (χ3n) is 4.20. The van der Waals surface area contributed by atoms with Gasteiger partial charge in [-0.25, -0.2) is 0 Å². The van der Waals surface area contributed by atoms with Crippen LogP contribution in [-0.4, -0.2) is 56.0 Å². The average Bonchev–Trinajstić information content (AvgIpc) is 2.83. The lowest BCUT2D eigenvalue weighted by Crippen LogP contribution is -2.47. The molecule has 1 aliphatic rings. The van der Waals surface area contributed by atoms with Gasteiger partial charge in [-0.1, -0.05) is 0 Å². The number of hydrogen-bond acceptors (Lipinski definition) is 4. The third-order valence-corrected chi connectivity index (χ3v) is 4.82. The molecule has 1 aromatic heterocycles. The molecule has 5 nitrogen and oxygen atoms in total. The molecular formula is C16H19BrN2O3. The smallest absolute Gasteiger partial charge is 0.289 e. The number of piperazine rings is 1. The molecule has 22 heavy (non-hydrogen) atoms. The van der Waals surface area contributed by atoms with Crippen molar-refractivity contribution in [2.45, 2.75) is 6.92 Å². The predicted molar refractivity (Wildman–Crippen MR) is 88.6 cm³/mol. The van der Waals surface area contributed by atoms with Gasteiger partial charge in [-0.3, -0.25) is 4.79 Å². The number of aryl methyl sites for hydroxylation is 1. The summed E-state index contributed by atoms with van der Waals surface area (Å²) >= 11 is 3.47. The normalized spacial score (nSPS) is 16.3. The fourth-order valence-corrected chi connectivity index (χ4v) is 3.24. The number of benzene rings is 1. The maximum absolute atomic E-state index is 12.7. The van der Waals surface area contributed by atoms with Gasteiger partial charge in [-0.2, -0.15) is 0 Å². The minimum absolute atomic E-state index is 0.0307. The Morgan fingerprint density at radius 1 is 1.27 bits per heavy atom. The van der Waals surface area contributed by atoms with Gasteiger partial charge in [0.2, 0.25) is 0 Å². The van der Waals surface area contributed by atoms with E-state index in [-0.39, 0.29) is 5.91 Å². The highest BCUT2D eigenvalue weighted by Crippen LogP contribution is 2.35. The van der Waals surface area contributed by atoms with E-state index in [2.05, 4.69) is 27.9 Å². The van der Waals surface area contributed by atoms with Gasteiger partial charge in [0, 0.05) is 43.2 Å². The molecule has 0 spiro atoms. The molecule has 0 saturated carbocycles. The largest absolute Gasteiger partial charge is 0.495 e. The molecule has 0 N–H and O–H groups in total. The van der Waals surface area contributed by atoms with Crippen LogP contribution in [0.25, 0.3) is 11.0 Å². The topological polar surface area (TPSA) is 45.9 Å². The second-order valence-corrected chi connectivity index (χ2v) is 6.49. The number of methoxy groups -OCH3 is 1. The van der Waals surface area contributed by atoms with Crippen LogP contribution >= 0.6 is 15.9 Å². The Morgan fingerprint density at radius 3 is 2.59 bits per heavy atom. The number of halogens is 1. The summed E-state index contributed by atoms with van der Waals surface area (Å²) in [5, 5.41) is 0.935. The minimum Gasteiger partial charge on any atom is -0.495 e. The van der Waals surface area contributed by atoms with Gasteiger partial charge in [0.1, 0.15) is 11.3 Å². The summed E-state index contributed by atoms with van der Waals surface area (Å²) in [4.78, 5) is 16.8. The van der Waals surface area contributed by atoms with Gasteiger partial charge in [0.15, 0.2) is 5.76 Å². The summed E-state index contributed by atoms with van der Waals surface area (Å²) in [7, 11) is 3.68. The molecule has 1 fully saturated rings. The zero-order valence-electron chi connectivity index (χ0n) is 13.0. The Balaban J connectivity index is 1.97. The fraction of sp³-hybridized carbons (Fsp3) is 0.438. The lowest BCUT2D eigenvalue weighted by atomic mass is 10.1. The highest BCUT2D eigenvalue weighted by Gasteiger charge is 2.26. The van der Waals surface area contributed by atoms with Crippen molar-refractivity contribution in [2.24, 2.45) is 0 Å². The lowest BCUT2D eigenvalue weighted by Gasteiger charge is -2.31. The summed E-state index contributed by atoms with van der Waals surface area (Å²) < 4.78 is 12.0. The first-order chi connectivity index (χ1) is 10.5. The Labute approximate surface area is 137 Å². The Kier molecular flexibility index (Phi) is 4.14. The summed E-state index contributed by atoms with van der Waals surface area (Å²) in [5.41, 5.74) is 1.55. The van der Waals surface area contributed by atoms with E-state index in [1.807, 2.05) is 24.0 Å². The SMILES string of the molecule is COc1cc2oc(C(=O)N3CCN(C)CC3)c(C)c2cc1Br. The summed E-state index contributed by atoms with van der Waals surface area (Å²) in [5.74, 6) is 1.09. The molecule has 2 aromatic rings. The van der Waals surface area contributed by atoms with Crippen LogP contribution in [0.1, 0.15) is 16.1 Å². The van der Waals surface area contributed by atoms with E-state index in [0.29, 0.717) is 17.1 Å². The van der Waals surface area contributed by atoms with Gasteiger partial charge in [-0.15, -0.1) is 0 Å². The number of ether oxygens (including phenoxy) is 1. The average molecular weight is 367 g/mol. The number of hydrogen-bond donors (Lipinski definition) is 0. The van der Waals surface area contributed by atoms with E-state index in [9.17, 15) is 4.79 Å².